The molecule has 0 saturated carbocycles. The summed E-state index contributed by atoms with van der Waals surface area (Å²) in [5.74, 6) is 0. The highest BCUT2D eigenvalue weighted by Crippen LogP contribution is 2.17. The Bertz CT molecular complexity index is 364. The topological polar surface area (TPSA) is 40.1 Å². The Morgan fingerprint density at radius 1 is 1.31 bits per heavy atom. The first-order valence-electron chi connectivity index (χ1n) is 4.27. The van der Waals surface area contributed by atoms with Crippen LogP contribution in [0.4, 0.5) is 0 Å². The molecule has 1 aliphatic rings. The molecule has 13 heavy (non-hydrogen) atoms. The highest BCUT2D eigenvalue weighted by Gasteiger charge is 2.03. The van der Waals surface area contributed by atoms with Gasteiger partial charge >= 0.3 is 0 Å². The number of hydrogen-bond acceptors (Lipinski definition) is 1. The monoisotopic (exact) mass is 171 g/mol. The molecule has 0 fully saturated rings. The van der Waals surface area contributed by atoms with Gasteiger partial charge in [0.2, 0.25) is 0 Å². The van der Waals surface area contributed by atoms with Gasteiger partial charge in [0.15, 0.2) is 0 Å². The summed E-state index contributed by atoms with van der Waals surface area (Å²) in [5, 5.41) is 4.22. The van der Waals surface area contributed by atoms with Crippen molar-refractivity contribution in [1.82, 2.24) is 5.32 Å². The number of rotatable bonds is 2. The first-order valence-corrected chi connectivity index (χ1v) is 4.27. The van der Waals surface area contributed by atoms with E-state index in [0.717, 1.165) is 16.8 Å². The molecule has 0 bridgehead atoms. The van der Waals surface area contributed by atoms with Crippen molar-refractivity contribution >= 4 is 5.70 Å². The normalized spacial score (nSPS) is 14.1. The number of benzene rings is 1. The molecule has 0 aliphatic carbocycles. The van der Waals surface area contributed by atoms with Crippen LogP contribution in [-0.4, -0.2) is 0 Å². The maximum absolute atomic E-state index is 5.55. The van der Waals surface area contributed by atoms with E-state index >= 15 is 0 Å². The molecule has 2 rings (SSSR count). The molecule has 0 unspecified atom stereocenters. The minimum absolute atomic E-state index is 0.578. The Balaban J connectivity index is 2.30. The SMILES string of the molecule is NCc1cccc(C2=CC=C[N]2)c1. The standard InChI is InChI=1S/C11H11N2/c12-8-9-3-1-4-10(7-9)11-5-2-6-13-11/h1-7H,8,12H2. The number of allylic oxidation sites excluding steroid dienone is 2. The van der Waals surface area contributed by atoms with Crippen LogP contribution >= 0.6 is 0 Å². The van der Waals surface area contributed by atoms with Crippen LogP contribution in [0.3, 0.4) is 0 Å². The highest BCUT2D eigenvalue weighted by molar-refractivity contribution is 5.68. The molecule has 0 aromatic heterocycles. The summed E-state index contributed by atoms with van der Waals surface area (Å²) in [6, 6.07) is 8.14. The van der Waals surface area contributed by atoms with E-state index in [-0.39, 0.29) is 0 Å². The van der Waals surface area contributed by atoms with Gasteiger partial charge in [0.25, 0.3) is 0 Å². The van der Waals surface area contributed by atoms with E-state index < -0.39 is 0 Å². The van der Waals surface area contributed by atoms with E-state index in [4.69, 9.17) is 5.73 Å². The van der Waals surface area contributed by atoms with Gasteiger partial charge in [-0.25, -0.2) is 0 Å². The second kappa shape index (κ2) is 3.46. The molecule has 0 saturated heterocycles. The van der Waals surface area contributed by atoms with E-state index in [1.165, 1.54) is 0 Å². The number of nitrogens with two attached hydrogens (primary N) is 1. The second-order valence-electron chi connectivity index (χ2n) is 2.93. The van der Waals surface area contributed by atoms with Gasteiger partial charge in [0.05, 0.1) is 5.70 Å². The van der Waals surface area contributed by atoms with Gasteiger partial charge < -0.3 is 5.73 Å². The van der Waals surface area contributed by atoms with Crippen molar-refractivity contribution in [2.45, 2.75) is 6.54 Å². The third kappa shape index (κ3) is 1.63. The smallest absolute Gasteiger partial charge is 0.0702 e. The van der Waals surface area contributed by atoms with Crippen LogP contribution in [0.1, 0.15) is 11.1 Å². The van der Waals surface area contributed by atoms with E-state index in [0.29, 0.717) is 6.54 Å². The van der Waals surface area contributed by atoms with E-state index in [2.05, 4.69) is 11.4 Å². The Morgan fingerprint density at radius 3 is 2.92 bits per heavy atom. The molecule has 0 atom stereocenters. The summed E-state index contributed by atoms with van der Waals surface area (Å²) in [6.07, 6.45) is 5.73. The lowest BCUT2D eigenvalue weighted by Gasteiger charge is -2.03. The summed E-state index contributed by atoms with van der Waals surface area (Å²) >= 11 is 0. The van der Waals surface area contributed by atoms with Gasteiger partial charge in [0, 0.05) is 18.3 Å². The van der Waals surface area contributed by atoms with Crippen LogP contribution in [0.2, 0.25) is 0 Å². The molecule has 1 heterocycles. The molecule has 2 N–H and O–H groups in total. The maximum Gasteiger partial charge on any atom is 0.0702 e. The van der Waals surface area contributed by atoms with Crippen molar-refractivity contribution in [3.63, 3.8) is 0 Å². The molecule has 65 valence electrons. The van der Waals surface area contributed by atoms with Gasteiger partial charge in [-0.3, -0.25) is 5.32 Å². The molecule has 1 aliphatic heterocycles. The van der Waals surface area contributed by atoms with Crippen LogP contribution in [0.5, 0.6) is 0 Å². The lowest BCUT2D eigenvalue weighted by atomic mass is 10.1. The number of nitrogens with zero attached hydrogens (tertiary/aromatic N) is 1. The van der Waals surface area contributed by atoms with Crippen LogP contribution in [-0.2, 0) is 6.54 Å². The first kappa shape index (κ1) is 8.08. The van der Waals surface area contributed by atoms with Crippen LogP contribution in [0.25, 0.3) is 5.70 Å². The van der Waals surface area contributed by atoms with Crippen molar-refractivity contribution in [2.75, 3.05) is 0 Å². The lowest BCUT2D eigenvalue weighted by Crippen LogP contribution is -1.98. The van der Waals surface area contributed by atoms with Crippen LogP contribution in [0, 0.1) is 0 Å². The Labute approximate surface area is 77.8 Å². The molecule has 1 aromatic rings. The van der Waals surface area contributed by atoms with Gasteiger partial charge in [0.1, 0.15) is 0 Å². The van der Waals surface area contributed by atoms with Crippen LogP contribution in [0.15, 0.2) is 42.6 Å². The fourth-order valence-electron chi connectivity index (χ4n) is 1.33. The average Bonchev–Trinajstić information content (AvgIpc) is 2.71. The Hall–Kier alpha value is -1.54. The minimum atomic E-state index is 0.578. The molecule has 1 radical (unpaired) electrons. The summed E-state index contributed by atoms with van der Waals surface area (Å²) in [6.45, 7) is 0.578. The molecule has 2 heteroatoms. The second-order valence-corrected chi connectivity index (χ2v) is 2.93. The van der Waals surface area contributed by atoms with Gasteiger partial charge in [-0.15, -0.1) is 0 Å². The summed E-state index contributed by atoms with van der Waals surface area (Å²) < 4.78 is 0. The van der Waals surface area contributed by atoms with Crippen molar-refractivity contribution in [3.05, 3.63) is 53.7 Å². The zero-order valence-corrected chi connectivity index (χ0v) is 7.27. The van der Waals surface area contributed by atoms with Crippen molar-refractivity contribution in [3.8, 4) is 0 Å². The predicted octanol–water partition coefficient (Wildman–Crippen LogP) is 1.62. The predicted molar refractivity (Wildman–Crippen MR) is 53.6 cm³/mol. The van der Waals surface area contributed by atoms with Gasteiger partial charge in [-0.1, -0.05) is 18.2 Å². The zero-order chi connectivity index (χ0) is 9.10. The van der Waals surface area contributed by atoms with Crippen molar-refractivity contribution in [2.24, 2.45) is 5.73 Å². The largest absolute Gasteiger partial charge is 0.326 e. The fourth-order valence-corrected chi connectivity index (χ4v) is 1.33. The highest BCUT2D eigenvalue weighted by atomic mass is 14.9. The Morgan fingerprint density at radius 2 is 2.23 bits per heavy atom. The molecule has 0 spiro atoms. The quantitative estimate of drug-likeness (QED) is 0.721. The zero-order valence-electron chi connectivity index (χ0n) is 7.27. The van der Waals surface area contributed by atoms with Crippen molar-refractivity contribution in [1.29, 1.82) is 0 Å². The van der Waals surface area contributed by atoms with Gasteiger partial charge in [-0.2, -0.15) is 0 Å². The molecular weight excluding hydrogens is 160 g/mol. The maximum atomic E-state index is 5.55. The summed E-state index contributed by atoms with van der Waals surface area (Å²) in [4.78, 5) is 0. The van der Waals surface area contributed by atoms with Gasteiger partial charge in [-0.05, 0) is 23.8 Å². The third-order valence-corrected chi connectivity index (χ3v) is 2.01. The Kier molecular flexibility index (Phi) is 2.15. The van der Waals surface area contributed by atoms with E-state index in [1.807, 2.05) is 30.4 Å². The number of hydrogen-bond donors (Lipinski definition) is 1. The lowest BCUT2D eigenvalue weighted by molar-refractivity contribution is 1.07. The summed E-state index contributed by atoms with van der Waals surface area (Å²) in [5.41, 5.74) is 8.83. The van der Waals surface area contributed by atoms with Crippen molar-refractivity contribution < 1.29 is 0 Å². The minimum Gasteiger partial charge on any atom is -0.326 e. The summed E-state index contributed by atoms with van der Waals surface area (Å²) in [7, 11) is 0. The average molecular weight is 171 g/mol. The molecule has 2 nitrogen and oxygen atoms in total. The third-order valence-electron chi connectivity index (χ3n) is 2.01. The molecular formula is C11H11N2. The van der Waals surface area contributed by atoms with E-state index in [9.17, 15) is 0 Å². The first-order chi connectivity index (χ1) is 6.40. The van der Waals surface area contributed by atoms with E-state index in [1.54, 1.807) is 6.20 Å². The fraction of sp³-hybridized carbons (Fsp3) is 0.0909. The van der Waals surface area contributed by atoms with Crippen LogP contribution < -0.4 is 11.1 Å². The molecule has 0 amide bonds. The molecule has 1 aromatic carbocycles.